The normalized spacial score (nSPS) is 10.7. The summed E-state index contributed by atoms with van der Waals surface area (Å²) < 4.78 is 18.7. The van der Waals surface area contributed by atoms with Crippen LogP contribution in [0.1, 0.15) is 5.56 Å². The molecule has 3 rings (SSSR count). The van der Waals surface area contributed by atoms with E-state index in [0.29, 0.717) is 16.8 Å². The van der Waals surface area contributed by atoms with Crippen LogP contribution in [0.2, 0.25) is 0 Å². The van der Waals surface area contributed by atoms with Gasteiger partial charge in [-0.05, 0) is 36.2 Å². The highest BCUT2D eigenvalue weighted by atomic mass is 19.1. The van der Waals surface area contributed by atoms with Crippen molar-refractivity contribution >= 4 is 5.88 Å². The third-order valence-electron chi connectivity index (χ3n) is 3.10. The minimum atomic E-state index is -0.305. The number of nitrogen functional groups attached to an aromatic ring is 1. The van der Waals surface area contributed by atoms with Crippen LogP contribution in [-0.4, -0.2) is 5.16 Å². The lowest BCUT2D eigenvalue weighted by molar-refractivity contribution is 0.439. The largest absolute Gasteiger partial charge is 0.367 e. The first-order valence-corrected chi connectivity index (χ1v) is 6.23. The van der Waals surface area contributed by atoms with E-state index in [9.17, 15) is 4.39 Å². The van der Waals surface area contributed by atoms with Gasteiger partial charge in [-0.15, -0.1) is 0 Å². The van der Waals surface area contributed by atoms with E-state index in [-0.39, 0.29) is 11.7 Å². The Kier molecular flexibility index (Phi) is 2.99. The smallest absolute Gasteiger partial charge is 0.230 e. The second-order valence-electron chi connectivity index (χ2n) is 4.65. The van der Waals surface area contributed by atoms with Crippen molar-refractivity contribution in [3.63, 3.8) is 0 Å². The Hall–Kier alpha value is -2.62. The summed E-state index contributed by atoms with van der Waals surface area (Å²) in [4.78, 5) is 0. The number of nitrogens with two attached hydrogens (primary N) is 1. The van der Waals surface area contributed by atoms with Crippen molar-refractivity contribution in [1.29, 1.82) is 0 Å². The van der Waals surface area contributed by atoms with Crippen LogP contribution in [0.4, 0.5) is 10.3 Å². The standard InChI is InChI=1S/C16H13FN2O/c1-10-7-12(9-13(17)8-10)15-14(16(18)20-19-15)11-5-3-2-4-6-11/h2-9H,18H2,1H3. The molecular formula is C16H13FN2O. The molecule has 0 aliphatic heterocycles. The molecule has 2 aromatic carbocycles. The summed E-state index contributed by atoms with van der Waals surface area (Å²) in [6.07, 6.45) is 0. The lowest BCUT2D eigenvalue weighted by Gasteiger charge is -2.04. The first kappa shape index (κ1) is 12.4. The molecule has 0 saturated carbocycles. The van der Waals surface area contributed by atoms with Gasteiger partial charge in [0, 0.05) is 5.56 Å². The number of nitrogens with zero attached hydrogens (tertiary/aromatic N) is 1. The molecule has 3 aromatic rings. The zero-order valence-electron chi connectivity index (χ0n) is 10.9. The topological polar surface area (TPSA) is 52.0 Å². The molecule has 0 fully saturated rings. The molecule has 4 heteroatoms. The number of benzene rings is 2. The van der Waals surface area contributed by atoms with Crippen molar-refractivity contribution in [2.24, 2.45) is 0 Å². The van der Waals surface area contributed by atoms with Crippen molar-refractivity contribution in [3.8, 4) is 22.4 Å². The lowest BCUT2D eigenvalue weighted by atomic mass is 10.00. The van der Waals surface area contributed by atoms with Crippen LogP contribution < -0.4 is 5.73 Å². The molecule has 0 aliphatic rings. The van der Waals surface area contributed by atoms with E-state index in [1.807, 2.05) is 43.3 Å². The second-order valence-corrected chi connectivity index (χ2v) is 4.65. The van der Waals surface area contributed by atoms with Crippen molar-refractivity contribution in [2.75, 3.05) is 5.73 Å². The van der Waals surface area contributed by atoms with Crippen molar-refractivity contribution in [2.45, 2.75) is 6.92 Å². The minimum Gasteiger partial charge on any atom is -0.367 e. The monoisotopic (exact) mass is 268 g/mol. The van der Waals surface area contributed by atoms with Crippen molar-refractivity contribution in [3.05, 3.63) is 59.9 Å². The maximum atomic E-state index is 13.6. The quantitative estimate of drug-likeness (QED) is 0.763. The average Bonchev–Trinajstić information content (AvgIpc) is 2.80. The molecular weight excluding hydrogens is 255 g/mol. The lowest BCUT2D eigenvalue weighted by Crippen LogP contribution is -1.89. The van der Waals surface area contributed by atoms with E-state index in [2.05, 4.69) is 5.16 Å². The van der Waals surface area contributed by atoms with Crippen LogP contribution in [0.25, 0.3) is 22.4 Å². The molecule has 1 heterocycles. The van der Waals surface area contributed by atoms with Crippen LogP contribution in [0.15, 0.2) is 53.1 Å². The Bertz CT molecular complexity index is 730. The number of hydrogen-bond donors (Lipinski definition) is 1. The van der Waals surface area contributed by atoms with E-state index >= 15 is 0 Å². The van der Waals surface area contributed by atoms with Crippen LogP contribution in [0.5, 0.6) is 0 Å². The predicted molar refractivity (Wildman–Crippen MR) is 76.5 cm³/mol. The first-order chi connectivity index (χ1) is 9.65. The van der Waals surface area contributed by atoms with Gasteiger partial charge < -0.3 is 10.3 Å². The van der Waals surface area contributed by atoms with Gasteiger partial charge in [0.05, 0.1) is 5.56 Å². The number of aryl methyl sites for hydroxylation is 1. The van der Waals surface area contributed by atoms with Crippen molar-refractivity contribution in [1.82, 2.24) is 5.16 Å². The van der Waals surface area contributed by atoms with Crippen LogP contribution in [0, 0.1) is 12.7 Å². The maximum absolute atomic E-state index is 13.6. The number of aromatic nitrogens is 1. The fraction of sp³-hybridized carbons (Fsp3) is 0.0625. The highest BCUT2D eigenvalue weighted by Gasteiger charge is 2.17. The summed E-state index contributed by atoms with van der Waals surface area (Å²) in [5.41, 5.74) is 9.47. The van der Waals surface area contributed by atoms with Gasteiger partial charge in [-0.2, -0.15) is 0 Å². The maximum Gasteiger partial charge on any atom is 0.230 e. The highest BCUT2D eigenvalue weighted by molar-refractivity contribution is 5.86. The molecule has 100 valence electrons. The number of hydrogen-bond acceptors (Lipinski definition) is 3. The predicted octanol–water partition coefficient (Wildman–Crippen LogP) is 4.04. The third-order valence-corrected chi connectivity index (χ3v) is 3.10. The molecule has 0 atom stereocenters. The van der Waals surface area contributed by atoms with Gasteiger partial charge in [-0.3, -0.25) is 0 Å². The van der Waals surface area contributed by atoms with Crippen molar-refractivity contribution < 1.29 is 8.91 Å². The Labute approximate surface area is 115 Å². The fourth-order valence-corrected chi connectivity index (χ4v) is 2.26. The van der Waals surface area contributed by atoms with Crippen LogP contribution >= 0.6 is 0 Å². The first-order valence-electron chi connectivity index (χ1n) is 6.23. The number of anilines is 1. The summed E-state index contributed by atoms with van der Waals surface area (Å²) in [6.45, 7) is 1.83. The minimum absolute atomic E-state index is 0.230. The van der Waals surface area contributed by atoms with E-state index in [1.165, 1.54) is 12.1 Å². The van der Waals surface area contributed by atoms with E-state index in [0.717, 1.165) is 11.1 Å². The van der Waals surface area contributed by atoms with Gasteiger partial charge in [0.25, 0.3) is 0 Å². The van der Waals surface area contributed by atoms with Gasteiger partial charge in [-0.25, -0.2) is 4.39 Å². The molecule has 0 spiro atoms. The Morgan fingerprint density at radius 2 is 1.80 bits per heavy atom. The zero-order chi connectivity index (χ0) is 14.1. The summed E-state index contributed by atoms with van der Waals surface area (Å²) in [7, 11) is 0. The SMILES string of the molecule is Cc1cc(F)cc(-c2noc(N)c2-c2ccccc2)c1. The van der Waals surface area contributed by atoms with E-state index in [1.54, 1.807) is 0 Å². The molecule has 0 aliphatic carbocycles. The molecule has 0 amide bonds. The Morgan fingerprint density at radius 1 is 1.05 bits per heavy atom. The third kappa shape index (κ3) is 2.16. The Morgan fingerprint density at radius 3 is 2.50 bits per heavy atom. The van der Waals surface area contributed by atoms with Gasteiger partial charge in [0.15, 0.2) is 0 Å². The van der Waals surface area contributed by atoms with Gasteiger partial charge >= 0.3 is 0 Å². The van der Waals surface area contributed by atoms with E-state index < -0.39 is 0 Å². The van der Waals surface area contributed by atoms with Gasteiger partial charge in [0.2, 0.25) is 5.88 Å². The van der Waals surface area contributed by atoms with Crippen LogP contribution in [-0.2, 0) is 0 Å². The molecule has 2 N–H and O–H groups in total. The molecule has 0 saturated heterocycles. The average molecular weight is 268 g/mol. The molecule has 20 heavy (non-hydrogen) atoms. The molecule has 0 radical (unpaired) electrons. The second kappa shape index (κ2) is 4.81. The van der Waals surface area contributed by atoms with Crippen LogP contribution in [0.3, 0.4) is 0 Å². The molecule has 3 nitrogen and oxygen atoms in total. The summed E-state index contributed by atoms with van der Waals surface area (Å²) in [5.74, 6) is -0.0753. The van der Waals surface area contributed by atoms with Gasteiger partial charge in [-0.1, -0.05) is 35.5 Å². The molecule has 1 aromatic heterocycles. The summed E-state index contributed by atoms with van der Waals surface area (Å²) in [5, 5.41) is 3.98. The molecule has 0 unspecified atom stereocenters. The fourth-order valence-electron chi connectivity index (χ4n) is 2.26. The zero-order valence-corrected chi connectivity index (χ0v) is 10.9. The number of halogens is 1. The van der Waals surface area contributed by atoms with Gasteiger partial charge in [0.1, 0.15) is 11.5 Å². The number of rotatable bonds is 2. The highest BCUT2D eigenvalue weighted by Crippen LogP contribution is 2.36. The molecule has 0 bridgehead atoms. The summed E-state index contributed by atoms with van der Waals surface area (Å²) >= 11 is 0. The summed E-state index contributed by atoms with van der Waals surface area (Å²) in [6, 6.07) is 14.3. The Balaban J connectivity index is 2.21. The van der Waals surface area contributed by atoms with E-state index in [4.69, 9.17) is 10.3 Å².